The fourth-order valence-corrected chi connectivity index (χ4v) is 3.21. The number of aryl methyl sites for hydroxylation is 2. The number of nitrogens with zero attached hydrogens (tertiary/aromatic N) is 1. The second kappa shape index (κ2) is 7.51. The molecule has 21 heavy (non-hydrogen) atoms. The summed E-state index contributed by atoms with van der Waals surface area (Å²) in [7, 11) is 1.66. The first-order valence-electron chi connectivity index (χ1n) is 6.78. The van der Waals surface area contributed by atoms with Crippen molar-refractivity contribution in [2.75, 3.05) is 20.3 Å². The van der Waals surface area contributed by atoms with Gasteiger partial charge in [-0.05, 0) is 19.9 Å². The van der Waals surface area contributed by atoms with Crippen LogP contribution in [0.1, 0.15) is 27.2 Å². The largest absolute Gasteiger partial charge is 0.491 e. The van der Waals surface area contributed by atoms with Crippen LogP contribution in [0.3, 0.4) is 0 Å². The van der Waals surface area contributed by atoms with Gasteiger partial charge >= 0.3 is 0 Å². The van der Waals surface area contributed by atoms with Gasteiger partial charge in [0.25, 0.3) is 0 Å². The van der Waals surface area contributed by atoms with Gasteiger partial charge in [-0.2, -0.15) is 0 Å². The number of thiazole rings is 1. The highest BCUT2D eigenvalue weighted by Crippen LogP contribution is 2.34. The van der Waals surface area contributed by atoms with E-state index in [4.69, 9.17) is 15.3 Å². The molecule has 0 radical (unpaired) electrons. The highest BCUT2D eigenvalue weighted by molar-refractivity contribution is 7.11. The van der Waals surface area contributed by atoms with Crippen LogP contribution < -0.4 is 16.0 Å². The van der Waals surface area contributed by atoms with Gasteiger partial charge in [-0.1, -0.05) is 18.2 Å². The average Bonchev–Trinajstić information content (AvgIpc) is 2.80. The van der Waals surface area contributed by atoms with Crippen LogP contribution in [0, 0.1) is 13.8 Å². The maximum atomic E-state index is 5.79. The van der Waals surface area contributed by atoms with Gasteiger partial charge in [-0.3, -0.25) is 5.84 Å². The second-order valence-electron chi connectivity index (χ2n) is 4.66. The van der Waals surface area contributed by atoms with Gasteiger partial charge in [0.05, 0.1) is 28.2 Å². The van der Waals surface area contributed by atoms with Crippen molar-refractivity contribution in [3.63, 3.8) is 0 Å². The Morgan fingerprint density at radius 1 is 1.29 bits per heavy atom. The highest BCUT2D eigenvalue weighted by atomic mass is 32.1. The van der Waals surface area contributed by atoms with Gasteiger partial charge in [-0.25, -0.2) is 10.4 Å². The molecule has 2 aromatic rings. The molecule has 1 heterocycles. The van der Waals surface area contributed by atoms with Crippen LogP contribution in [-0.2, 0) is 4.74 Å². The van der Waals surface area contributed by atoms with Gasteiger partial charge < -0.3 is 9.47 Å². The van der Waals surface area contributed by atoms with Gasteiger partial charge in [0.2, 0.25) is 0 Å². The minimum absolute atomic E-state index is 0.130. The smallest absolute Gasteiger partial charge is 0.124 e. The highest BCUT2D eigenvalue weighted by Gasteiger charge is 2.21. The van der Waals surface area contributed by atoms with E-state index in [0.29, 0.717) is 13.2 Å². The Morgan fingerprint density at radius 2 is 2.05 bits per heavy atom. The monoisotopic (exact) mass is 307 g/mol. The Hall–Kier alpha value is -1.47. The van der Waals surface area contributed by atoms with Crippen molar-refractivity contribution >= 4 is 11.3 Å². The molecule has 0 aliphatic heterocycles. The van der Waals surface area contributed by atoms with Gasteiger partial charge in [-0.15, -0.1) is 11.3 Å². The summed E-state index contributed by atoms with van der Waals surface area (Å²) < 4.78 is 10.8. The maximum absolute atomic E-state index is 5.79. The van der Waals surface area contributed by atoms with Crippen molar-refractivity contribution in [2.45, 2.75) is 19.9 Å². The molecule has 0 saturated carbocycles. The van der Waals surface area contributed by atoms with Gasteiger partial charge in [0, 0.05) is 12.7 Å². The summed E-state index contributed by atoms with van der Waals surface area (Å²) in [4.78, 5) is 5.58. The lowest BCUT2D eigenvalue weighted by Gasteiger charge is -2.19. The maximum Gasteiger partial charge on any atom is 0.124 e. The van der Waals surface area contributed by atoms with Crippen LogP contribution in [0.25, 0.3) is 0 Å². The van der Waals surface area contributed by atoms with Crippen LogP contribution in [0.2, 0.25) is 0 Å². The number of hydrogen-bond donors (Lipinski definition) is 2. The molecule has 3 N–H and O–H groups in total. The van der Waals surface area contributed by atoms with E-state index in [1.54, 1.807) is 18.4 Å². The molecular formula is C15H21N3O2S. The molecular weight excluding hydrogens is 286 g/mol. The molecule has 1 atom stereocenters. The molecule has 5 nitrogen and oxygen atoms in total. The molecule has 0 amide bonds. The van der Waals surface area contributed by atoms with E-state index in [1.807, 2.05) is 38.1 Å². The van der Waals surface area contributed by atoms with Crippen molar-refractivity contribution in [3.8, 4) is 5.75 Å². The van der Waals surface area contributed by atoms with Crippen molar-refractivity contribution in [1.82, 2.24) is 10.4 Å². The molecule has 0 spiro atoms. The van der Waals surface area contributed by atoms with E-state index in [1.165, 1.54) is 0 Å². The topological polar surface area (TPSA) is 69.4 Å². The Balaban J connectivity index is 2.31. The fourth-order valence-electron chi connectivity index (χ4n) is 2.21. The van der Waals surface area contributed by atoms with Gasteiger partial charge in [0.1, 0.15) is 12.4 Å². The van der Waals surface area contributed by atoms with E-state index in [2.05, 4.69) is 10.4 Å². The minimum Gasteiger partial charge on any atom is -0.491 e. The Bertz CT molecular complexity index is 586. The first-order chi connectivity index (χ1) is 10.2. The summed E-state index contributed by atoms with van der Waals surface area (Å²) in [6.45, 7) is 5.05. The van der Waals surface area contributed by atoms with Crippen molar-refractivity contribution in [3.05, 3.63) is 45.4 Å². The predicted octanol–water partition coefficient (Wildman–Crippen LogP) is 2.34. The molecule has 114 valence electrons. The molecule has 1 unspecified atom stereocenters. The SMILES string of the molecule is COCCOc1ccccc1C(NN)c1sc(C)nc1C. The first kappa shape index (κ1) is 15.9. The van der Waals surface area contributed by atoms with Crippen LogP contribution in [0.15, 0.2) is 24.3 Å². The van der Waals surface area contributed by atoms with Gasteiger partial charge in [0.15, 0.2) is 0 Å². The Kier molecular flexibility index (Phi) is 5.69. The summed E-state index contributed by atoms with van der Waals surface area (Å²) in [5.41, 5.74) is 4.87. The molecule has 0 bridgehead atoms. The fraction of sp³-hybridized carbons (Fsp3) is 0.400. The van der Waals surface area contributed by atoms with Crippen LogP contribution in [0.5, 0.6) is 5.75 Å². The van der Waals surface area contributed by atoms with E-state index >= 15 is 0 Å². The standard InChI is InChI=1S/C15H21N3O2S/c1-10-15(21-11(2)17-10)14(18-16)12-6-4-5-7-13(12)20-9-8-19-3/h4-7,14,18H,8-9,16H2,1-3H3. The van der Waals surface area contributed by atoms with Crippen LogP contribution in [0.4, 0.5) is 0 Å². The lowest BCUT2D eigenvalue weighted by Crippen LogP contribution is -2.29. The van der Waals surface area contributed by atoms with E-state index in [0.717, 1.165) is 26.9 Å². The van der Waals surface area contributed by atoms with E-state index in [9.17, 15) is 0 Å². The number of hydrogen-bond acceptors (Lipinski definition) is 6. The molecule has 6 heteroatoms. The summed E-state index contributed by atoms with van der Waals surface area (Å²) in [5.74, 6) is 6.60. The third kappa shape index (κ3) is 3.79. The quantitative estimate of drug-likeness (QED) is 0.467. The number of para-hydroxylation sites is 1. The third-order valence-corrected chi connectivity index (χ3v) is 4.28. The summed E-state index contributed by atoms with van der Waals surface area (Å²) >= 11 is 1.65. The minimum atomic E-state index is -0.130. The zero-order valence-corrected chi connectivity index (χ0v) is 13.4. The molecule has 1 aromatic heterocycles. The summed E-state index contributed by atoms with van der Waals surface area (Å²) in [5, 5.41) is 1.03. The number of methoxy groups -OCH3 is 1. The summed E-state index contributed by atoms with van der Waals surface area (Å²) in [6.07, 6.45) is 0. The number of nitrogens with one attached hydrogen (secondary N) is 1. The lowest BCUT2D eigenvalue weighted by molar-refractivity contribution is 0.145. The van der Waals surface area contributed by atoms with Crippen molar-refractivity contribution < 1.29 is 9.47 Å². The number of benzene rings is 1. The molecule has 0 aliphatic rings. The zero-order valence-electron chi connectivity index (χ0n) is 12.6. The number of hydrazine groups is 1. The Labute approximate surface area is 129 Å². The van der Waals surface area contributed by atoms with Crippen LogP contribution in [-0.4, -0.2) is 25.3 Å². The predicted molar refractivity (Wildman–Crippen MR) is 84.6 cm³/mol. The molecule has 0 aliphatic carbocycles. The molecule has 0 saturated heterocycles. The normalized spacial score (nSPS) is 12.4. The van der Waals surface area contributed by atoms with Crippen molar-refractivity contribution in [1.29, 1.82) is 0 Å². The zero-order chi connectivity index (χ0) is 15.2. The third-order valence-electron chi connectivity index (χ3n) is 3.14. The lowest BCUT2D eigenvalue weighted by atomic mass is 10.0. The number of rotatable bonds is 7. The average molecular weight is 307 g/mol. The molecule has 2 rings (SSSR count). The van der Waals surface area contributed by atoms with Crippen molar-refractivity contribution in [2.24, 2.45) is 5.84 Å². The second-order valence-corrected chi connectivity index (χ2v) is 5.90. The number of aromatic nitrogens is 1. The molecule has 1 aromatic carbocycles. The number of ether oxygens (including phenoxy) is 2. The number of nitrogens with two attached hydrogens (primary N) is 1. The Morgan fingerprint density at radius 3 is 2.67 bits per heavy atom. The van der Waals surface area contributed by atoms with Crippen LogP contribution >= 0.6 is 11.3 Å². The van der Waals surface area contributed by atoms with E-state index < -0.39 is 0 Å². The summed E-state index contributed by atoms with van der Waals surface area (Å²) in [6, 6.07) is 7.76. The first-order valence-corrected chi connectivity index (χ1v) is 7.59. The van der Waals surface area contributed by atoms with E-state index in [-0.39, 0.29) is 6.04 Å². The molecule has 0 fully saturated rings.